The molecule has 0 aliphatic rings. The Bertz CT molecular complexity index is 508. The van der Waals surface area contributed by atoms with Gasteiger partial charge in [-0.15, -0.1) is 0 Å². The maximum Gasteiger partial charge on any atom is 0.319 e. The molecule has 0 radical (unpaired) electrons. The van der Waals surface area contributed by atoms with Gasteiger partial charge in [-0.25, -0.2) is 4.79 Å². The lowest BCUT2D eigenvalue weighted by atomic mass is 10.3. The molecule has 0 aliphatic carbocycles. The Morgan fingerprint density at radius 3 is 2.81 bits per heavy atom. The zero-order chi connectivity index (χ0) is 11.5. The van der Waals surface area contributed by atoms with E-state index in [-0.39, 0.29) is 12.1 Å². The van der Waals surface area contributed by atoms with E-state index in [0.29, 0.717) is 0 Å². The van der Waals surface area contributed by atoms with Crippen LogP contribution in [0.3, 0.4) is 0 Å². The zero-order valence-electron chi connectivity index (χ0n) is 9.02. The summed E-state index contributed by atoms with van der Waals surface area (Å²) >= 11 is 1.16. The number of nitrogens with one attached hydrogen (secondary N) is 2. The van der Waals surface area contributed by atoms with Crippen molar-refractivity contribution < 1.29 is 4.79 Å². The second-order valence-electron chi connectivity index (χ2n) is 3.72. The van der Waals surface area contributed by atoms with Crippen LogP contribution in [0.15, 0.2) is 18.2 Å². The minimum absolute atomic E-state index is 0.115. The summed E-state index contributed by atoms with van der Waals surface area (Å²) in [5.74, 6) is 0. The Morgan fingerprint density at radius 2 is 2.06 bits per heavy atom. The number of aromatic nitrogens is 2. The van der Waals surface area contributed by atoms with E-state index in [1.165, 1.54) is 0 Å². The van der Waals surface area contributed by atoms with Crippen LogP contribution in [-0.2, 0) is 0 Å². The van der Waals surface area contributed by atoms with Crippen LogP contribution in [0.4, 0.5) is 10.5 Å². The van der Waals surface area contributed by atoms with Gasteiger partial charge in [-0.3, -0.25) is 0 Å². The van der Waals surface area contributed by atoms with Crippen LogP contribution in [0.25, 0.3) is 11.0 Å². The van der Waals surface area contributed by atoms with Gasteiger partial charge in [0.05, 0.1) is 11.7 Å². The van der Waals surface area contributed by atoms with Crippen molar-refractivity contribution in [3.8, 4) is 0 Å². The van der Waals surface area contributed by atoms with Crippen LogP contribution < -0.4 is 10.6 Å². The quantitative estimate of drug-likeness (QED) is 0.840. The highest BCUT2D eigenvalue weighted by atomic mass is 32.1. The maximum absolute atomic E-state index is 11.4. The van der Waals surface area contributed by atoms with Crippen LogP contribution in [-0.4, -0.2) is 20.8 Å². The molecule has 5 nitrogen and oxygen atoms in total. The first-order chi connectivity index (χ1) is 7.65. The van der Waals surface area contributed by atoms with Gasteiger partial charge in [0.2, 0.25) is 0 Å². The zero-order valence-corrected chi connectivity index (χ0v) is 9.84. The third-order valence-electron chi connectivity index (χ3n) is 1.93. The lowest BCUT2D eigenvalue weighted by Gasteiger charge is -2.09. The lowest BCUT2D eigenvalue weighted by Crippen LogP contribution is -2.34. The van der Waals surface area contributed by atoms with Gasteiger partial charge in [-0.05, 0) is 32.0 Å². The van der Waals surface area contributed by atoms with Crippen molar-refractivity contribution >= 4 is 34.5 Å². The van der Waals surface area contributed by atoms with Gasteiger partial charge in [-0.2, -0.15) is 8.75 Å². The molecule has 0 saturated heterocycles. The number of rotatable bonds is 2. The van der Waals surface area contributed by atoms with Gasteiger partial charge in [-0.1, -0.05) is 0 Å². The molecule has 0 spiro atoms. The molecule has 0 aliphatic heterocycles. The maximum atomic E-state index is 11.4. The van der Waals surface area contributed by atoms with E-state index in [1.54, 1.807) is 6.07 Å². The lowest BCUT2D eigenvalue weighted by molar-refractivity contribution is 0.250. The predicted molar refractivity (Wildman–Crippen MR) is 64.7 cm³/mol. The van der Waals surface area contributed by atoms with Crippen LogP contribution in [0, 0.1) is 0 Å². The Balaban J connectivity index is 2.11. The molecule has 0 atom stereocenters. The van der Waals surface area contributed by atoms with Crippen molar-refractivity contribution in [3.05, 3.63) is 18.2 Å². The molecular weight excluding hydrogens is 224 g/mol. The largest absolute Gasteiger partial charge is 0.336 e. The average molecular weight is 236 g/mol. The summed E-state index contributed by atoms with van der Waals surface area (Å²) in [6, 6.07) is 5.36. The van der Waals surface area contributed by atoms with Crippen molar-refractivity contribution in [1.82, 2.24) is 14.1 Å². The Kier molecular flexibility index (Phi) is 3.00. The number of hydrogen-bond acceptors (Lipinski definition) is 4. The molecule has 16 heavy (non-hydrogen) atoms. The molecule has 0 fully saturated rings. The summed E-state index contributed by atoms with van der Waals surface area (Å²) in [7, 11) is 0. The number of fused-ring (bicyclic) bond motifs is 1. The highest BCUT2D eigenvalue weighted by molar-refractivity contribution is 7.00. The van der Waals surface area contributed by atoms with E-state index in [1.807, 2.05) is 26.0 Å². The number of carbonyl (C=O) groups excluding carboxylic acids is 1. The first kappa shape index (κ1) is 10.8. The number of carbonyl (C=O) groups is 1. The van der Waals surface area contributed by atoms with Crippen molar-refractivity contribution in [2.24, 2.45) is 0 Å². The molecule has 84 valence electrons. The Hall–Kier alpha value is -1.69. The SMILES string of the molecule is CC(C)NC(=O)Nc1ccc2nsnc2c1. The summed E-state index contributed by atoms with van der Waals surface area (Å²) in [5, 5.41) is 5.49. The normalized spacial score (nSPS) is 10.7. The molecule has 1 aromatic carbocycles. The Morgan fingerprint density at radius 1 is 1.31 bits per heavy atom. The molecule has 2 rings (SSSR count). The highest BCUT2D eigenvalue weighted by Crippen LogP contribution is 2.16. The minimum Gasteiger partial charge on any atom is -0.336 e. The number of anilines is 1. The fraction of sp³-hybridized carbons (Fsp3) is 0.300. The van der Waals surface area contributed by atoms with Gasteiger partial charge >= 0.3 is 6.03 Å². The summed E-state index contributed by atoms with van der Waals surface area (Å²) in [5.41, 5.74) is 2.37. The van der Waals surface area contributed by atoms with E-state index >= 15 is 0 Å². The van der Waals surface area contributed by atoms with E-state index < -0.39 is 0 Å². The number of hydrogen-bond donors (Lipinski definition) is 2. The average Bonchev–Trinajstić information content (AvgIpc) is 2.63. The summed E-state index contributed by atoms with van der Waals surface area (Å²) in [6.45, 7) is 3.82. The van der Waals surface area contributed by atoms with Crippen LogP contribution in [0.1, 0.15) is 13.8 Å². The van der Waals surface area contributed by atoms with Crippen LogP contribution in [0.2, 0.25) is 0 Å². The van der Waals surface area contributed by atoms with Crippen LogP contribution in [0.5, 0.6) is 0 Å². The number of nitrogens with zero attached hydrogens (tertiary/aromatic N) is 2. The summed E-state index contributed by atoms with van der Waals surface area (Å²) in [4.78, 5) is 11.4. The van der Waals surface area contributed by atoms with E-state index in [9.17, 15) is 4.79 Å². The number of benzene rings is 1. The van der Waals surface area contributed by atoms with Crippen LogP contribution >= 0.6 is 11.7 Å². The van der Waals surface area contributed by atoms with Gasteiger partial charge < -0.3 is 10.6 Å². The molecule has 2 aromatic rings. The fourth-order valence-corrected chi connectivity index (χ4v) is 1.81. The number of amides is 2. The smallest absolute Gasteiger partial charge is 0.319 e. The van der Waals surface area contributed by atoms with E-state index in [0.717, 1.165) is 28.4 Å². The molecule has 2 amide bonds. The molecule has 1 heterocycles. The molecule has 6 heteroatoms. The topological polar surface area (TPSA) is 66.9 Å². The first-order valence-corrected chi connectivity index (χ1v) is 5.68. The number of urea groups is 1. The van der Waals surface area contributed by atoms with Gasteiger partial charge in [0, 0.05) is 11.7 Å². The monoisotopic (exact) mass is 236 g/mol. The molecule has 1 aromatic heterocycles. The summed E-state index contributed by atoms with van der Waals surface area (Å²) < 4.78 is 8.20. The second-order valence-corrected chi connectivity index (χ2v) is 4.25. The van der Waals surface area contributed by atoms with Gasteiger partial charge in [0.25, 0.3) is 0 Å². The molecule has 0 bridgehead atoms. The third kappa shape index (κ3) is 2.46. The molecule has 2 N–H and O–H groups in total. The van der Waals surface area contributed by atoms with E-state index in [4.69, 9.17) is 0 Å². The second kappa shape index (κ2) is 4.44. The van der Waals surface area contributed by atoms with Crippen molar-refractivity contribution in [2.45, 2.75) is 19.9 Å². The minimum atomic E-state index is -0.211. The van der Waals surface area contributed by atoms with Gasteiger partial charge in [0.1, 0.15) is 11.0 Å². The van der Waals surface area contributed by atoms with Gasteiger partial charge in [0.15, 0.2) is 0 Å². The van der Waals surface area contributed by atoms with Crippen molar-refractivity contribution in [1.29, 1.82) is 0 Å². The summed E-state index contributed by atoms with van der Waals surface area (Å²) in [6.07, 6.45) is 0. The third-order valence-corrected chi connectivity index (χ3v) is 2.49. The first-order valence-electron chi connectivity index (χ1n) is 4.95. The Labute approximate surface area is 97.2 Å². The highest BCUT2D eigenvalue weighted by Gasteiger charge is 2.05. The fourth-order valence-electron chi connectivity index (χ4n) is 1.29. The molecule has 0 saturated carbocycles. The standard InChI is InChI=1S/C10H12N4OS/c1-6(2)11-10(15)12-7-3-4-8-9(5-7)14-16-13-8/h3-6H,1-2H3,(H2,11,12,15). The predicted octanol–water partition coefficient (Wildman–Crippen LogP) is 2.22. The van der Waals surface area contributed by atoms with Crippen molar-refractivity contribution in [3.63, 3.8) is 0 Å². The molecular formula is C10H12N4OS. The van der Waals surface area contributed by atoms with E-state index in [2.05, 4.69) is 19.4 Å². The molecule has 0 unspecified atom stereocenters. The van der Waals surface area contributed by atoms with Crippen molar-refractivity contribution in [2.75, 3.05) is 5.32 Å².